The maximum Gasteiger partial charge on any atom is 0.00443 e. The van der Waals surface area contributed by atoms with Crippen molar-refractivity contribution in [3.8, 4) is 0 Å². The number of hydrogen-bond acceptors (Lipinski definition) is 1. The molecular formula is C14H29N. The molecule has 2 N–H and O–H groups in total. The minimum atomic E-state index is 0.532. The summed E-state index contributed by atoms with van der Waals surface area (Å²) in [5, 5.41) is 0. The minimum absolute atomic E-state index is 0.532. The molecule has 0 aromatic rings. The smallest absolute Gasteiger partial charge is 0.00443 e. The van der Waals surface area contributed by atoms with Gasteiger partial charge in [0.25, 0.3) is 0 Å². The Hall–Kier alpha value is -0.0400. The second-order valence-electron chi connectivity index (χ2n) is 5.39. The lowest BCUT2D eigenvalue weighted by molar-refractivity contribution is 0.154. The quantitative estimate of drug-likeness (QED) is 0.601. The van der Waals surface area contributed by atoms with Crippen LogP contribution in [0.1, 0.15) is 71.6 Å². The molecule has 0 aromatic carbocycles. The summed E-state index contributed by atoms with van der Waals surface area (Å²) in [7, 11) is 0. The molecule has 15 heavy (non-hydrogen) atoms. The van der Waals surface area contributed by atoms with Crippen LogP contribution < -0.4 is 5.73 Å². The summed E-state index contributed by atoms with van der Waals surface area (Å²) in [5.74, 6) is 1.97. The van der Waals surface area contributed by atoms with E-state index in [1.165, 1.54) is 57.8 Å². The summed E-state index contributed by atoms with van der Waals surface area (Å²) in [4.78, 5) is 0. The summed E-state index contributed by atoms with van der Waals surface area (Å²) in [5.41, 5.74) is 5.88. The average Bonchev–Trinajstić information content (AvgIpc) is 2.18. The fraction of sp³-hybridized carbons (Fsp3) is 1.00. The minimum Gasteiger partial charge on any atom is -0.328 e. The number of nitrogens with two attached hydrogens (primary N) is 1. The maximum atomic E-state index is 5.88. The Labute approximate surface area is 95.8 Å². The van der Waals surface area contributed by atoms with E-state index in [2.05, 4.69) is 13.8 Å². The van der Waals surface area contributed by atoms with Crippen LogP contribution in [-0.4, -0.2) is 6.04 Å². The van der Waals surface area contributed by atoms with Crippen LogP contribution >= 0.6 is 0 Å². The third kappa shape index (κ3) is 4.55. The topological polar surface area (TPSA) is 26.0 Å². The van der Waals surface area contributed by atoms with Gasteiger partial charge >= 0.3 is 0 Å². The predicted octanol–water partition coefficient (Wildman–Crippen LogP) is 4.11. The summed E-state index contributed by atoms with van der Waals surface area (Å²) in [6.07, 6.45) is 12.5. The van der Waals surface area contributed by atoms with E-state index in [4.69, 9.17) is 5.73 Å². The zero-order chi connectivity index (χ0) is 11.1. The van der Waals surface area contributed by atoms with Crippen molar-refractivity contribution < 1.29 is 0 Å². The summed E-state index contributed by atoms with van der Waals surface area (Å²) in [6.45, 7) is 4.60. The molecule has 0 bridgehead atoms. The van der Waals surface area contributed by atoms with E-state index in [0.29, 0.717) is 6.04 Å². The van der Waals surface area contributed by atoms with E-state index >= 15 is 0 Å². The number of rotatable bonds is 8. The molecule has 0 saturated heterocycles. The van der Waals surface area contributed by atoms with Crippen molar-refractivity contribution >= 4 is 0 Å². The molecule has 90 valence electrons. The maximum absolute atomic E-state index is 5.88. The summed E-state index contributed by atoms with van der Waals surface area (Å²) >= 11 is 0. The van der Waals surface area contributed by atoms with Crippen LogP contribution in [0.2, 0.25) is 0 Å². The standard InChI is InChI=1S/C14H29N/c1-3-5-6-7-9-12(8-4-2)13-10-14(15)11-13/h12-14H,3-11,15H2,1-2H3. The average molecular weight is 211 g/mol. The Morgan fingerprint density at radius 1 is 1.00 bits per heavy atom. The lowest BCUT2D eigenvalue weighted by Gasteiger charge is -2.38. The normalized spacial score (nSPS) is 27.4. The van der Waals surface area contributed by atoms with Crippen LogP contribution in [-0.2, 0) is 0 Å². The van der Waals surface area contributed by atoms with Crippen molar-refractivity contribution in [1.29, 1.82) is 0 Å². The highest BCUT2D eigenvalue weighted by molar-refractivity contribution is 4.86. The first kappa shape index (κ1) is 13.0. The van der Waals surface area contributed by atoms with Crippen molar-refractivity contribution in [3.63, 3.8) is 0 Å². The fourth-order valence-electron chi connectivity index (χ4n) is 2.91. The van der Waals surface area contributed by atoms with Crippen LogP contribution in [0.4, 0.5) is 0 Å². The van der Waals surface area contributed by atoms with Gasteiger partial charge in [0.2, 0.25) is 0 Å². The number of hydrogen-bond donors (Lipinski definition) is 1. The van der Waals surface area contributed by atoms with E-state index in [1.807, 2.05) is 0 Å². The Morgan fingerprint density at radius 3 is 2.27 bits per heavy atom. The monoisotopic (exact) mass is 211 g/mol. The molecule has 0 amide bonds. The first-order chi connectivity index (χ1) is 7.27. The van der Waals surface area contributed by atoms with Gasteiger partial charge in [-0.3, -0.25) is 0 Å². The van der Waals surface area contributed by atoms with Gasteiger partial charge in [0.05, 0.1) is 0 Å². The van der Waals surface area contributed by atoms with Crippen molar-refractivity contribution in [2.75, 3.05) is 0 Å². The van der Waals surface area contributed by atoms with Crippen molar-refractivity contribution in [2.45, 2.75) is 77.7 Å². The van der Waals surface area contributed by atoms with E-state index < -0.39 is 0 Å². The largest absolute Gasteiger partial charge is 0.328 e. The van der Waals surface area contributed by atoms with E-state index in [1.54, 1.807) is 0 Å². The Morgan fingerprint density at radius 2 is 1.73 bits per heavy atom. The van der Waals surface area contributed by atoms with Gasteiger partial charge in [-0.25, -0.2) is 0 Å². The lowest BCUT2D eigenvalue weighted by atomic mass is 9.70. The van der Waals surface area contributed by atoms with E-state index in [0.717, 1.165) is 11.8 Å². The molecule has 0 heterocycles. The van der Waals surface area contributed by atoms with Crippen LogP contribution in [0.5, 0.6) is 0 Å². The zero-order valence-corrected chi connectivity index (χ0v) is 10.7. The molecule has 1 aliphatic carbocycles. The predicted molar refractivity (Wildman–Crippen MR) is 67.9 cm³/mol. The first-order valence-electron chi connectivity index (χ1n) is 7.03. The van der Waals surface area contributed by atoms with E-state index in [-0.39, 0.29) is 0 Å². The van der Waals surface area contributed by atoms with Crippen molar-refractivity contribution in [1.82, 2.24) is 0 Å². The SMILES string of the molecule is CCCCCCC(CCC)C1CC(N)C1. The van der Waals surface area contributed by atoms with Gasteiger partial charge in [0, 0.05) is 6.04 Å². The molecule has 1 atom stereocenters. The third-order valence-electron chi connectivity index (χ3n) is 3.97. The Kier molecular flexibility index (Phi) is 6.31. The molecular weight excluding hydrogens is 182 g/mol. The molecule has 0 radical (unpaired) electrons. The van der Waals surface area contributed by atoms with Gasteiger partial charge in [0.15, 0.2) is 0 Å². The Balaban J connectivity index is 2.13. The molecule has 1 unspecified atom stereocenters. The number of unbranched alkanes of at least 4 members (excludes halogenated alkanes) is 3. The molecule has 0 aliphatic heterocycles. The van der Waals surface area contributed by atoms with Crippen molar-refractivity contribution in [3.05, 3.63) is 0 Å². The zero-order valence-electron chi connectivity index (χ0n) is 10.7. The van der Waals surface area contributed by atoms with E-state index in [9.17, 15) is 0 Å². The molecule has 1 aliphatic rings. The van der Waals surface area contributed by atoms with Crippen LogP contribution in [0.3, 0.4) is 0 Å². The Bertz CT molecular complexity index is 149. The molecule has 1 fully saturated rings. The van der Waals surface area contributed by atoms with Crippen LogP contribution in [0.25, 0.3) is 0 Å². The summed E-state index contributed by atoms with van der Waals surface area (Å²) in [6, 6.07) is 0.532. The van der Waals surface area contributed by atoms with Crippen molar-refractivity contribution in [2.24, 2.45) is 17.6 Å². The van der Waals surface area contributed by atoms with Gasteiger partial charge < -0.3 is 5.73 Å². The van der Waals surface area contributed by atoms with Gasteiger partial charge in [0.1, 0.15) is 0 Å². The molecule has 0 spiro atoms. The third-order valence-corrected chi connectivity index (χ3v) is 3.97. The first-order valence-corrected chi connectivity index (χ1v) is 7.03. The van der Waals surface area contributed by atoms with Gasteiger partial charge in [-0.15, -0.1) is 0 Å². The van der Waals surface area contributed by atoms with Gasteiger partial charge in [-0.2, -0.15) is 0 Å². The highest BCUT2D eigenvalue weighted by Gasteiger charge is 2.31. The van der Waals surface area contributed by atoms with Gasteiger partial charge in [-0.05, 0) is 24.7 Å². The molecule has 0 aromatic heterocycles. The molecule has 1 heteroatoms. The molecule has 1 rings (SSSR count). The second-order valence-corrected chi connectivity index (χ2v) is 5.39. The molecule has 1 saturated carbocycles. The summed E-state index contributed by atoms with van der Waals surface area (Å²) < 4.78 is 0. The fourth-order valence-corrected chi connectivity index (χ4v) is 2.91. The second kappa shape index (κ2) is 7.27. The van der Waals surface area contributed by atoms with Crippen LogP contribution in [0, 0.1) is 11.8 Å². The molecule has 1 nitrogen and oxygen atoms in total. The van der Waals surface area contributed by atoms with Gasteiger partial charge in [-0.1, -0.05) is 58.8 Å². The lowest BCUT2D eigenvalue weighted by Crippen LogP contribution is -2.40. The highest BCUT2D eigenvalue weighted by atomic mass is 14.7. The highest BCUT2D eigenvalue weighted by Crippen LogP contribution is 2.37. The van der Waals surface area contributed by atoms with Crippen LogP contribution in [0.15, 0.2) is 0 Å².